The van der Waals surface area contributed by atoms with Gasteiger partial charge in [0.25, 0.3) is 0 Å². The molecule has 2 fully saturated rings. The average Bonchev–Trinajstić information content (AvgIpc) is 3.25. The second-order valence-electron chi connectivity index (χ2n) is 5.60. The minimum Gasteiger partial charge on any atom is -0.371 e. The van der Waals surface area contributed by atoms with E-state index in [1.165, 1.54) is 24.1 Å². The largest absolute Gasteiger partial charge is 0.371 e. The molecular weight excluding hydrogens is 250 g/mol. The van der Waals surface area contributed by atoms with Crippen molar-refractivity contribution < 1.29 is 4.74 Å². The van der Waals surface area contributed by atoms with Gasteiger partial charge in [0.1, 0.15) is 0 Å². The molecule has 1 aliphatic heterocycles. The molecule has 2 heterocycles. The average molecular weight is 269 g/mol. The van der Waals surface area contributed by atoms with Gasteiger partial charge in [-0.15, -0.1) is 0 Å². The van der Waals surface area contributed by atoms with Crippen LogP contribution in [0, 0.1) is 0 Å². The van der Waals surface area contributed by atoms with Crippen LogP contribution in [0.4, 0.5) is 0 Å². The van der Waals surface area contributed by atoms with Gasteiger partial charge in [0.05, 0.1) is 18.4 Å². The molecule has 4 rings (SSSR count). The first-order valence-electron chi connectivity index (χ1n) is 7.38. The summed E-state index contributed by atoms with van der Waals surface area (Å²) in [6.45, 7) is 2.64. The van der Waals surface area contributed by atoms with Crippen molar-refractivity contribution in [3.8, 4) is 5.69 Å². The van der Waals surface area contributed by atoms with Crippen molar-refractivity contribution in [3.05, 3.63) is 47.8 Å². The highest BCUT2D eigenvalue weighted by Crippen LogP contribution is 2.40. The van der Waals surface area contributed by atoms with E-state index in [1.54, 1.807) is 0 Å². The quantitative estimate of drug-likeness (QED) is 0.930. The van der Waals surface area contributed by atoms with Crippen LogP contribution >= 0.6 is 0 Å². The maximum atomic E-state index is 5.78. The van der Waals surface area contributed by atoms with Crippen LogP contribution in [-0.4, -0.2) is 29.5 Å². The minimum absolute atomic E-state index is 0.179. The predicted octanol–water partition coefficient (Wildman–Crippen LogP) is 2.41. The highest BCUT2D eigenvalue weighted by Gasteiger charge is 2.27. The van der Waals surface area contributed by atoms with Crippen LogP contribution in [0.25, 0.3) is 5.69 Å². The smallest absolute Gasteiger partial charge is 0.0949 e. The number of aromatic nitrogens is 2. The Bertz CT molecular complexity index is 580. The van der Waals surface area contributed by atoms with Crippen LogP contribution in [0.5, 0.6) is 0 Å². The lowest BCUT2D eigenvalue weighted by Gasteiger charge is -2.24. The molecule has 4 nitrogen and oxygen atoms in total. The molecule has 0 spiro atoms. The third-order valence-electron chi connectivity index (χ3n) is 4.10. The van der Waals surface area contributed by atoms with Crippen LogP contribution in [0.2, 0.25) is 0 Å². The van der Waals surface area contributed by atoms with Gasteiger partial charge in [0.15, 0.2) is 0 Å². The van der Waals surface area contributed by atoms with E-state index in [0.29, 0.717) is 5.92 Å². The summed E-state index contributed by atoms with van der Waals surface area (Å²) in [7, 11) is 0. The van der Waals surface area contributed by atoms with E-state index in [2.05, 4.69) is 45.4 Å². The summed E-state index contributed by atoms with van der Waals surface area (Å²) in [5.74, 6) is 0.711. The number of nitrogens with zero attached hydrogens (tertiary/aromatic N) is 2. The summed E-state index contributed by atoms with van der Waals surface area (Å²) < 4.78 is 7.85. The molecule has 2 aromatic rings. The maximum Gasteiger partial charge on any atom is 0.0949 e. The Morgan fingerprint density at radius 1 is 1.15 bits per heavy atom. The number of nitrogens with one attached hydrogen (secondary N) is 1. The lowest BCUT2D eigenvalue weighted by molar-refractivity contribution is 0.0277. The van der Waals surface area contributed by atoms with Crippen LogP contribution < -0.4 is 5.32 Å². The van der Waals surface area contributed by atoms with Crippen LogP contribution in [0.3, 0.4) is 0 Å². The minimum atomic E-state index is 0.179. The molecule has 0 bridgehead atoms. The first kappa shape index (κ1) is 12.1. The van der Waals surface area contributed by atoms with Crippen molar-refractivity contribution in [1.82, 2.24) is 15.1 Å². The highest BCUT2D eigenvalue weighted by molar-refractivity contribution is 5.37. The topological polar surface area (TPSA) is 39.1 Å². The maximum absolute atomic E-state index is 5.78. The van der Waals surface area contributed by atoms with Gasteiger partial charge in [-0.1, -0.05) is 12.1 Å². The molecule has 0 radical (unpaired) electrons. The molecule has 0 amide bonds. The molecule has 2 aliphatic rings. The molecule has 1 N–H and O–H groups in total. The summed E-state index contributed by atoms with van der Waals surface area (Å²) in [4.78, 5) is 0. The van der Waals surface area contributed by atoms with Crippen molar-refractivity contribution in [2.24, 2.45) is 0 Å². The first-order valence-corrected chi connectivity index (χ1v) is 7.38. The van der Waals surface area contributed by atoms with Gasteiger partial charge in [0.2, 0.25) is 0 Å². The van der Waals surface area contributed by atoms with Crippen molar-refractivity contribution >= 4 is 0 Å². The zero-order valence-corrected chi connectivity index (χ0v) is 11.5. The molecule has 20 heavy (non-hydrogen) atoms. The monoisotopic (exact) mass is 269 g/mol. The van der Waals surface area contributed by atoms with Crippen LogP contribution in [0.1, 0.15) is 36.1 Å². The second kappa shape index (κ2) is 5.04. The fourth-order valence-electron chi connectivity index (χ4n) is 2.83. The summed E-state index contributed by atoms with van der Waals surface area (Å²) in [6.07, 6.45) is 4.67. The SMILES string of the molecule is c1cc(C2CC2)n(-c2ccc(C3CNCCO3)cc2)n1. The zero-order chi connectivity index (χ0) is 13.4. The standard InChI is InChI=1S/C16H19N3O/c1-2-12(1)15-7-8-18-19(15)14-5-3-13(4-6-14)16-11-17-9-10-20-16/h3-8,12,16-17H,1-2,9-11H2. The Morgan fingerprint density at radius 2 is 2.00 bits per heavy atom. The zero-order valence-electron chi connectivity index (χ0n) is 11.5. The van der Waals surface area contributed by atoms with Crippen molar-refractivity contribution in [2.45, 2.75) is 24.9 Å². The third-order valence-corrected chi connectivity index (χ3v) is 4.10. The molecule has 1 saturated carbocycles. The highest BCUT2D eigenvalue weighted by atomic mass is 16.5. The first-order chi connectivity index (χ1) is 9.92. The fourth-order valence-corrected chi connectivity index (χ4v) is 2.83. The summed E-state index contributed by atoms with van der Waals surface area (Å²) in [5.41, 5.74) is 3.72. The number of hydrogen-bond acceptors (Lipinski definition) is 3. The fraction of sp³-hybridized carbons (Fsp3) is 0.438. The van der Waals surface area contributed by atoms with Gasteiger partial charge >= 0.3 is 0 Å². The molecular formula is C16H19N3O. The molecule has 1 saturated heterocycles. The van der Waals surface area contributed by atoms with Gasteiger partial charge < -0.3 is 10.1 Å². The molecule has 1 aromatic heterocycles. The van der Waals surface area contributed by atoms with E-state index in [9.17, 15) is 0 Å². The number of rotatable bonds is 3. The molecule has 1 unspecified atom stereocenters. The van der Waals surface area contributed by atoms with Crippen LogP contribution in [-0.2, 0) is 4.74 Å². The van der Waals surface area contributed by atoms with Gasteiger partial charge in [-0.05, 0) is 36.6 Å². The van der Waals surface area contributed by atoms with Crippen LogP contribution in [0.15, 0.2) is 36.5 Å². The van der Waals surface area contributed by atoms with Crippen molar-refractivity contribution in [3.63, 3.8) is 0 Å². The Hall–Kier alpha value is -1.65. The lowest BCUT2D eigenvalue weighted by Crippen LogP contribution is -2.33. The van der Waals surface area contributed by atoms with E-state index in [1.807, 2.05) is 6.20 Å². The second-order valence-corrected chi connectivity index (χ2v) is 5.60. The Balaban J connectivity index is 1.58. The normalized spacial score (nSPS) is 22.9. The van der Waals surface area contributed by atoms with E-state index in [4.69, 9.17) is 4.74 Å². The van der Waals surface area contributed by atoms with Gasteiger partial charge in [-0.25, -0.2) is 4.68 Å². The Labute approximate surface area is 118 Å². The van der Waals surface area contributed by atoms with E-state index >= 15 is 0 Å². The lowest BCUT2D eigenvalue weighted by atomic mass is 10.1. The number of ether oxygens (including phenoxy) is 1. The van der Waals surface area contributed by atoms with Gasteiger partial charge in [0, 0.05) is 30.9 Å². The summed E-state index contributed by atoms with van der Waals surface area (Å²) >= 11 is 0. The molecule has 104 valence electrons. The van der Waals surface area contributed by atoms with E-state index < -0.39 is 0 Å². The van der Waals surface area contributed by atoms with E-state index in [-0.39, 0.29) is 6.10 Å². The summed E-state index contributed by atoms with van der Waals surface area (Å²) in [6, 6.07) is 10.7. The molecule has 4 heteroatoms. The van der Waals surface area contributed by atoms with Gasteiger partial charge in [-0.3, -0.25) is 0 Å². The number of hydrogen-bond donors (Lipinski definition) is 1. The molecule has 1 aromatic carbocycles. The molecule has 1 aliphatic carbocycles. The molecule has 1 atom stereocenters. The van der Waals surface area contributed by atoms with Crippen molar-refractivity contribution in [2.75, 3.05) is 19.7 Å². The Morgan fingerprint density at radius 3 is 2.70 bits per heavy atom. The van der Waals surface area contributed by atoms with Gasteiger partial charge in [-0.2, -0.15) is 5.10 Å². The predicted molar refractivity (Wildman–Crippen MR) is 77.1 cm³/mol. The summed E-state index contributed by atoms with van der Waals surface area (Å²) in [5, 5.41) is 7.83. The third kappa shape index (κ3) is 2.25. The van der Waals surface area contributed by atoms with E-state index in [0.717, 1.165) is 25.4 Å². The number of morpholine rings is 1. The Kier molecular flexibility index (Phi) is 3.05. The number of benzene rings is 1. The van der Waals surface area contributed by atoms with Crippen molar-refractivity contribution in [1.29, 1.82) is 0 Å².